The fourth-order valence-electron chi connectivity index (χ4n) is 10.0. The van der Waals surface area contributed by atoms with Crippen molar-refractivity contribution in [1.82, 2.24) is 25.1 Å². The van der Waals surface area contributed by atoms with Crippen LogP contribution in [0, 0.1) is 11.8 Å². The first-order valence-corrected chi connectivity index (χ1v) is 23.3. The lowest BCUT2D eigenvalue weighted by atomic mass is 9.90. The Kier molecular flexibility index (Phi) is 14.6. The van der Waals surface area contributed by atoms with Crippen molar-refractivity contribution in [3.63, 3.8) is 0 Å². The Hall–Kier alpha value is -6.38. The SMILES string of the molecule is CC[C@@H]1C(=O)N(C)c2cnc(Nc3ccc(C(C=NC4CCC(N(C)CCOCCC#Cc5cccc6c5CN(C5CCC(=O)NC5=O)C6=O)CC4)=NN)cc3OC)nc2N1C1CCCC1. The molecule has 3 aliphatic heterocycles. The van der Waals surface area contributed by atoms with E-state index in [9.17, 15) is 19.2 Å². The summed E-state index contributed by atoms with van der Waals surface area (Å²) in [5.41, 5.74) is 4.87. The molecule has 4 amide bonds. The van der Waals surface area contributed by atoms with E-state index in [0.29, 0.717) is 79.4 Å². The highest BCUT2D eigenvalue weighted by molar-refractivity contribution is 6.38. The normalized spacial score (nSPS) is 22.4. The lowest BCUT2D eigenvalue weighted by Gasteiger charge is -2.43. The van der Waals surface area contributed by atoms with Crippen LogP contribution in [0.3, 0.4) is 0 Å². The van der Waals surface area contributed by atoms with E-state index in [1.54, 1.807) is 42.4 Å². The number of fused-ring (bicyclic) bond motifs is 2. The van der Waals surface area contributed by atoms with E-state index in [1.807, 2.05) is 30.3 Å². The van der Waals surface area contributed by atoms with Gasteiger partial charge in [0.1, 0.15) is 29.2 Å². The second-order valence-electron chi connectivity index (χ2n) is 17.7. The quantitative estimate of drug-likeness (QED) is 0.0465. The Labute approximate surface area is 386 Å². The van der Waals surface area contributed by atoms with E-state index in [1.165, 1.54) is 0 Å². The van der Waals surface area contributed by atoms with Crippen molar-refractivity contribution >= 4 is 58.7 Å². The highest BCUT2D eigenvalue weighted by Crippen LogP contribution is 2.40. The second-order valence-corrected chi connectivity index (χ2v) is 17.7. The highest BCUT2D eigenvalue weighted by Gasteiger charge is 2.42. The molecule has 0 radical (unpaired) electrons. The van der Waals surface area contributed by atoms with Crippen molar-refractivity contribution < 1.29 is 28.7 Å². The summed E-state index contributed by atoms with van der Waals surface area (Å²) in [5, 5.41) is 9.77. The number of ether oxygens (including phenoxy) is 2. The largest absolute Gasteiger partial charge is 0.495 e. The third-order valence-electron chi connectivity index (χ3n) is 13.8. The number of methoxy groups -OCH3 is 1. The fraction of sp³-hybridized carbons (Fsp3) is 0.510. The van der Waals surface area contributed by atoms with Crippen LogP contribution in [0.5, 0.6) is 5.75 Å². The molecule has 348 valence electrons. The molecule has 3 fully saturated rings. The number of piperidine rings is 1. The zero-order chi connectivity index (χ0) is 46.3. The molecule has 1 aromatic heterocycles. The first-order chi connectivity index (χ1) is 32.1. The minimum Gasteiger partial charge on any atom is -0.495 e. The van der Waals surface area contributed by atoms with Crippen LogP contribution in [0.4, 0.5) is 23.1 Å². The smallest absolute Gasteiger partial charge is 0.255 e. The molecule has 8 rings (SSSR count). The summed E-state index contributed by atoms with van der Waals surface area (Å²) in [5.74, 6) is 13.2. The lowest BCUT2D eigenvalue weighted by molar-refractivity contribution is -0.137. The fourth-order valence-corrected chi connectivity index (χ4v) is 10.0. The molecule has 2 saturated carbocycles. The summed E-state index contributed by atoms with van der Waals surface area (Å²) >= 11 is 0. The topological polar surface area (TPSA) is 200 Å². The highest BCUT2D eigenvalue weighted by atomic mass is 16.5. The predicted octanol–water partition coefficient (Wildman–Crippen LogP) is 4.93. The molecule has 66 heavy (non-hydrogen) atoms. The molecule has 2 aliphatic carbocycles. The van der Waals surface area contributed by atoms with Crippen LogP contribution in [0.15, 0.2) is 52.7 Å². The van der Waals surface area contributed by atoms with Gasteiger partial charge < -0.3 is 40.2 Å². The van der Waals surface area contributed by atoms with Gasteiger partial charge in [-0.3, -0.25) is 29.5 Å². The molecule has 1 unspecified atom stereocenters. The number of anilines is 4. The summed E-state index contributed by atoms with van der Waals surface area (Å²) in [6.45, 7) is 4.26. The Morgan fingerprint density at radius 1 is 1.06 bits per heavy atom. The molecule has 2 atom stereocenters. The number of imide groups is 1. The number of hydrogen-bond acceptors (Lipinski definition) is 14. The number of likely N-dealkylation sites (N-methyl/N-ethyl adjacent to an activating group) is 2. The number of aliphatic imine (C=N–C) groups is 1. The van der Waals surface area contributed by atoms with Crippen LogP contribution >= 0.6 is 0 Å². The molecule has 1 saturated heterocycles. The Morgan fingerprint density at radius 3 is 2.61 bits per heavy atom. The molecular weight excluding hydrogens is 839 g/mol. The van der Waals surface area contributed by atoms with Crippen molar-refractivity contribution in [2.75, 3.05) is 56.1 Å². The molecule has 17 heteroatoms. The van der Waals surface area contributed by atoms with Gasteiger partial charge >= 0.3 is 0 Å². The third-order valence-corrected chi connectivity index (χ3v) is 13.8. The zero-order valence-electron chi connectivity index (χ0n) is 38.4. The minimum atomic E-state index is -0.653. The van der Waals surface area contributed by atoms with E-state index < -0.39 is 11.9 Å². The van der Waals surface area contributed by atoms with Crippen molar-refractivity contribution in [1.29, 1.82) is 0 Å². The maximum atomic E-state index is 13.3. The average molecular weight is 900 g/mol. The van der Waals surface area contributed by atoms with Gasteiger partial charge in [-0.15, -0.1) is 0 Å². The molecule has 2 aromatic carbocycles. The van der Waals surface area contributed by atoms with E-state index in [-0.39, 0.29) is 42.3 Å². The maximum Gasteiger partial charge on any atom is 0.255 e. The predicted molar refractivity (Wildman–Crippen MR) is 253 cm³/mol. The van der Waals surface area contributed by atoms with Gasteiger partial charge in [-0.2, -0.15) is 10.1 Å². The summed E-state index contributed by atoms with van der Waals surface area (Å²) in [4.78, 5) is 72.8. The number of carbonyl (C=O) groups is 4. The molecule has 4 heterocycles. The van der Waals surface area contributed by atoms with Crippen molar-refractivity contribution in [2.45, 2.75) is 121 Å². The van der Waals surface area contributed by atoms with Gasteiger partial charge in [0.15, 0.2) is 5.82 Å². The number of hydrazone groups is 1. The molecule has 0 spiro atoms. The van der Waals surface area contributed by atoms with Crippen molar-refractivity contribution in [3.05, 3.63) is 64.8 Å². The lowest BCUT2D eigenvalue weighted by Crippen LogP contribution is -2.55. The molecule has 5 aliphatic rings. The first-order valence-electron chi connectivity index (χ1n) is 23.3. The van der Waals surface area contributed by atoms with E-state index >= 15 is 0 Å². The van der Waals surface area contributed by atoms with Crippen LogP contribution in [0.2, 0.25) is 0 Å². The summed E-state index contributed by atoms with van der Waals surface area (Å²) in [6.07, 6.45) is 13.6. The molecule has 4 N–H and O–H groups in total. The zero-order valence-corrected chi connectivity index (χ0v) is 38.4. The number of hydrogen-bond donors (Lipinski definition) is 3. The molecule has 3 aromatic rings. The van der Waals surface area contributed by atoms with Crippen LogP contribution in [0.25, 0.3) is 0 Å². The summed E-state index contributed by atoms with van der Waals surface area (Å²) < 4.78 is 11.8. The molecule has 17 nitrogen and oxygen atoms in total. The van der Waals surface area contributed by atoms with Crippen LogP contribution < -0.4 is 31.0 Å². The van der Waals surface area contributed by atoms with Gasteiger partial charge in [-0.25, -0.2) is 4.98 Å². The first kappa shape index (κ1) is 46.2. The van der Waals surface area contributed by atoms with E-state index in [4.69, 9.17) is 25.3 Å². The van der Waals surface area contributed by atoms with Gasteiger partial charge in [0, 0.05) is 68.0 Å². The average Bonchev–Trinajstić information content (AvgIpc) is 3.99. The third kappa shape index (κ3) is 9.90. The minimum absolute atomic E-state index is 0.0774. The molecule has 0 bridgehead atoms. The summed E-state index contributed by atoms with van der Waals surface area (Å²) in [6, 6.07) is 11.1. The van der Waals surface area contributed by atoms with Gasteiger partial charge in [0.05, 0.1) is 38.2 Å². The van der Waals surface area contributed by atoms with Gasteiger partial charge in [-0.1, -0.05) is 43.7 Å². The Balaban J connectivity index is 0.784. The monoisotopic (exact) mass is 899 g/mol. The number of rotatable bonds is 15. The number of amides is 4. The van der Waals surface area contributed by atoms with Crippen LogP contribution in [-0.4, -0.2) is 126 Å². The van der Waals surface area contributed by atoms with E-state index in [2.05, 4.69) is 56.3 Å². The van der Waals surface area contributed by atoms with E-state index in [0.717, 1.165) is 80.4 Å². The van der Waals surface area contributed by atoms with Crippen LogP contribution in [0.1, 0.15) is 111 Å². The molecular formula is C49H61N11O6. The maximum absolute atomic E-state index is 13.3. The van der Waals surface area contributed by atoms with Crippen molar-refractivity contribution in [3.8, 4) is 17.6 Å². The summed E-state index contributed by atoms with van der Waals surface area (Å²) in [7, 11) is 5.55. The number of aromatic nitrogens is 2. The van der Waals surface area contributed by atoms with Crippen molar-refractivity contribution in [2.24, 2.45) is 15.9 Å². The number of nitrogens with one attached hydrogen (secondary N) is 2. The van der Waals surface area contributed by atoms with Gasteiger partial charge in [0.25, 0.3) is 5.91 Å². The van der Waals surface area contributed by atoms with Gasteiger partial charge in [-0.05, 0) is 88.2 Å². The second kappa shape index (κ2) is 20.8. The number of carbonyl (C=O) groups excluding carboxylic acids is 4. The number of nitrogens with zero attached hydrogens (tertiary/aromatic N) is 8. The Morgan fingerprint density at radius 2 is 1.86 bits per heavy atom. The van der Waals surface area contributed by atoms with Gasteiger partial charge in [0.2, 0.25) is 23.7 Å². The number of benzene rings is 2. The standard InChI is InChI=1S/C49H61N11O6/c1-5-40-48(64)58(3)42-29-52-49(55-45(42)60(40)35-13-6-7-14-35)53-38-21-16-32(27-43(38)65-4)39(56-50)28-51-33-17-19-34(20-18-33)57(2)24-26-66-25-9-8-11-31-12-10-15-36-37(31)30-59(47(36)63)41-22-23-44(61)54-46(41)62/h10,12,15-16,21,27-29,33-35,40-41H,5-7,9,13-14,17-20,22-26,30,50H2,1-4H3,(H,52,53,55)(H,54,61,62)/t33?,34?,40-,41?/m1/s1. The number of nitrogens with two attached hydrogens (primary N) is 1. The van der Waals surface area contributed by atoms with Crippen LogP contribution in [-0.2, 0) is 25.7 Å². The Bertz CT molecular complexity index is 2430.